The molecule has 0 radical (unpaired) electrons. The highest BCUT2D eigenvalue weighted by molar-refractivity contribution is 7.17. The Labute approximate surface area is 77.3 Å². The molecule has 58 valence electrons. The molecule has 2 aromatic heterocycles. The molecule has 0 saturated heterocycles. The van der Waals surface area contributed by atoms with Crippen LogP contribution in [0.4, 0.5) is 0 Å². The van der Waals surface area contributed by atoms with Gasteiger partial charge in [0.2, 0.25) is 5.78 Å². The van der Waals surface area contributed by atoms with Gasteiger partial charge in [-0.2, -0.15) is 0 Å². The lowest BCUT2D eigenvalue weighted by Crippen LogP contribution is -1.89. The van der Waals surface area contributed by atoms with E-state index >= 15 is 0 Å². The van der Waals surface area contributed by atoms with Gasteiger partial charge in [-0.1, -0.05) is 0 Å². The van der Waals surface area contributed by atoms with Gasteiger partial charge < -0.3 is 0 Å². The van der Waals surface area contributed by atoms with Gasteiger partial charge in [-0.25, -0.2) is 0 Å². The van der Waals surface area contributed by atoms with Crippen LogP contribution in [-0.4, -0.2) is 5.78 Å². The van der Waals surface area contributed by atoms with Crippen molar-refractivity contribution in [3.63, 3.8) is 0 Å². The molecule has 0 amide bonds. The van der Waals surface area contributed by atoms with Crippen LogP contribution in [0.5, 0.6) is 0 Å². The zero-order valence-electron chi connectivity index (χ0n) is 6.03. The number of rotatable bonds is 0. The first kappa shape index (κ1) is 6.57. The van der Waals surface area contributed by atoms with Crippen LogP contribution < -0.4 is 0 Å². The van der Waals surface area contributed by atoms with E-state index in [-0.39, 0.29) is 5.78 Å². The van der Waals surface area contributed by atoms with Crippen LogP contribution in [0.1, 0.15) is 15.2 Å². The fourth-order valence-electron chi connectivity index (χ4n) is 1.48. The van der Waals surface area contributed by atoms with Gasteiger partial charge in [0.15, 0.2) is 0 Å². The minimum absolute atomic E-state index is 0.205. The lowest BCUT2D eigenvalue weighted by atomic mass is 10.2. The molecule has 1 aliphatic carbocycles. The number of carbonyl (C=O) groups is 1. The van der Waals surface area contributed by atoms with Gasteiger partial charge in [0.25, 0.3) is 0 Å². The van der Waals surface area contributed by atoms with Gasteiger partial charge in [0, 0.05) is 16.0 Å². The first-order valence-electron chi connectivity index (χ1n) is 3.58. The molecule has 0 N–H and O–H groups in total. The molecule has 0 bridgehead atoms. The molecule has 0 aromatic carbocycles. The molecule has 2 aromatic rings. The summed E-state index contributed by atoms with van der Waals surface area (Å²) >= 11 is 3.19. The Morgan fingerprint density at radius 1 is 0.917 bits per heavy atom. The zero-order chi connectivity index (χ0) is 8.13. The molecule has 0 aliphatic heterocycles. The molecule has 1 aliphatic rings. The maximum absolute atomic E-state index is 11.6. The fourth-order valence-corrected chi connectivity index (χ4v) is 3.33. The van der Waals surface area contributed by atoms with Crippen LogP contribution in [0.25, 0.3) is 10.4 Å². The van der Waals surface area contributed by atoms with Crippen molar-refractivity contribution in [3.05, 3.63) is 33.3 Å². The van der Waals surface area contributed by atoms with Gasteiger partial charge in [-0.05, 0) is 22.9 Å². The summed E-state index contributed by atoms with van der Waals surface area (Å²) in [6, 6.07) is 3.94. The van der Waals surface area contributed by atoms with E-state index < -0.39 is 0 Å². The van der Waals surface area contributed by atoms with Gasteiger partial charge in [-0.15, -0.1) is 22.7 Å². The van der Waals surface area contributed by atoms with Crippen molar-refractivity contribution in [1.82, 2.24) is 0 Å². The van der Waals surface area contributed by atoms with Crippen molar-refractivity contribution in [2.45, 2.75) is 0 Å². The van der Waals surface area contributed by atoms with Crippen molar-refractivity contribution in [1.29, 1.82) is 0 Å². The third-order valence-corrected chi connectivity index (χ3v) is 3.89. The second-order valence-corrected chi connectivity index (χ2v) is 4.49. The van der Waals surface area contributed by atoms with Crippen molar-refractivity contribution in [2.75, 3.05) is 0 Å². The van der Waals surface area contributed by atoms with Crippen LogP contribution in [0, 0.1) is 0 Å². The van der Waals surface area contributed by atoms with E-state index in [1.807, 2.05) is 22.9 Å². The topological polar surface area (TPSA) is 17.1 Å². The third kappa shape index (κ3) is 0.612. The minimum Gasteiger partial charge on any atom is -0.288 e. The van der Waals surface area contributed by atoms with Gasteiger partial charge >= 0.3 is 0 Å². The summed E-state index contributed by atoms with van der Waals surface area (Å²) in [5.74, 6) is 0.205. The summed E-state index contributed by atoms with van der Waals surface area (Å²) in [6.07, 6.45) is 0. The Balaban J connectivity index is 2.47. The summed E-state index contributed by atoms with van der Waals surface area (Å²) in [4.78, 5) is 13.7. The molecule has 0 spiro atoms. The van der Waals surface area contributed by atoms with E-state index in [1.165, 1.54) is 11.3 Å². The lowest BCUT2D eigenvalue weighted by molar-refractivity contribution is 0.104. The highest BCUT2D eigenvalue weighted by Crippen LogP contribution is 2.42. The Kier molecular flexibility index (Phi) is 1.13. The van der Waals surface area contributed by atoms with Crippen LogP contribution in [0.3, 0.4) is 0 Å². The molecule has 1 nitrogen and oxygen atoms in total. The zero-order valence-corrected chi connectivity index (χ0v) is 7.67. The number of thiophene rings is 2. The Morgan fingerprint density at radius 3 is 2.42 bits per heavy atom. The highest BCUT2D eigenvalue weighted by atomic mass is 32.1. The molecular formula is C9H4OS2. The Bertz CT molecular complexity index is 422. The van der Waals surface area contributed by atoms with E-state index in [1.54, 1.807) is 11.3 Å². The number of carbonyl (C=O) groups excluding carboxylic acids is 1. The van der Waals surface area contributed by atoms with Crippen LogP contribution >= 0.6 is 22.7 Å². The van der Waals surface area contributed by atoms with E-state index in [9.17, 15) is 4.79 Å². The Hall–Kier alpha value is -0.930. The van der Waals surface area contributed by atoms with Crippen LogP contribution in [-0.2, 0) is 0 Å². The predicted octanol–water partition coefficient (Wildman–Crippen LogP) is 3.02. The second-order valence-electron chi connectivity index (χ2n) is 2.66. The van der Waals surface area contributed by atoms with Gasteiger partial charge in [0.05, 0.1) is 4.88 Å². The molecule has 0 unspecified atom stereocenters. The summed E-state index contributed by atoms with van der Waals surface area (Å²) in [5, 5.41) is 3.95. The van der Waals surface area contributed by atoms with Crippen molar-refractivity contribution >= 4 is 28.5 Å². The molecule has 12 heavy (non-hydrogen) atoms. The largest absolute Gasteiger partial charge is 0.288 e. The van der Waals surface area contributed by atoms with E-state index in [0.717, 1.165) is 20.9 Å². The maximum Gasteiger partial charge on any atom is 0.205 e. The second kappa shape index (κ2) is 2.06. The first-order valence-corrected chi connectivity index (χ1v) is 5.34. The van der Waals surface area contributed by atoms with E-state index in [0.29, 0.717) is 0 Å². The van der Waals surface area contributed by atoms with E-state index in [4.69, 9.17) is 0 Å². The molecule has 0 atom stereocenters. The average molecular weight is 192 g/mol. The summed E-state index contributed by atoms with van der Waals surface area (Å²) in [5.41, 5.74) is 2.02. The standard InChI is InChI=1S/C9H4OS2/c10-7-5-1-3-11-8(5)6-2-4-12-9(6)7/h1-4H. The average Bonchev–Trinajstić information content (AvgIpc) is 2.72. The molecular weight excluding hydrogens is 188 g/mol. The quantitative estimate of drug-likeness (QED) is 0.535. The van der Waals surface area contributed by atoms with Gasteiger partial charge in [-0.3, -0.25) is 4.79 Å². The summed E-state index contributed by atoms with van der Waals surface area (Å²) < 4.78 is 0. The fraction of sp³-hybridized carbons (Fsp3) is 0. The number of hydrogen-bond donors (Lipinski definition) is 0. The SMILES string of the molecule is O=C1c2ccsc2-c2ccsc21. The highest BCUT2D eigenvalue weighted by Gasteiger charge is 2.28. The monoisotopic (exact) mass is 192 g/mol. The molecule has 0 fully saturated rings. The van der Waals surface area contributed by atoms with E-state index in [2.05, 4.69) is 0 Å². The number of ketones is 1. The molecule has 3 heteroatoms. The lowest BCUT2D eigenvalue weighted by Gasteiger charge is -1.83. The Morgan fingerprint density at radius 2 is 1.58 bits per heavy atom. The van der Waals surface area contributed by atoms with Crippen molar-refractivity contribution < 1.29 is 4.79 Å². The number of fused-ring (bicyclic) bond motifs is 3. The van der Waals surface area contributed by atoms with Crippen molar-refractivity contribution in [2.24, 2.45) is 0 Å². The predicted molar refractivity (Wildman–Crippen MR) is 51.1 cm³/mol. The third-order valence-electron chi connectivity index (χ3n) is 2.03. The molecule has 0 saturated carbocycles. The minimum atomic E-state index is 0.205. The maximum atomic E-state index is 11.6. The normalized spacial score (nSPS) is 13.2. The first-order chi connectivity index (χ1) is 5.88. The molecule has 2 heterocycles. The summed E-state index contributed by atoms with van der Waals surface area (Å²) in [6.45, 7) is 0. The van der Waals surface area contributed by atoms with Gasteiger partial charge in [0.1, 0.15) is 0 Å². The summed E-state index contributed by atoms with van der Waals surface area (Å²) in [7, 11) is 0. The van der Waals surface area contributed by atoms with Crippen LogP contribution in [0.2, 0.25) is 0 Å². The molecule has 3 rings (SSSR count). The van der Waals surface area contributed by atoms with Crippen LogP contribution in [0.15, 0.2) is 22.9 Å². The number of hydrogen-bond acceptors (Lipinski definition) is 3. The van der Waals surface area contributed by atoms with Crippen molar-refractivity contribution in [3.8, 4) is 10.4 Å². The smallest absolute Gasteiger partial charge is 0.205 e.